The number of nitrogens with zero attached hydrogens (tertiary/aromatic N) is 3. The van der Waals surface area contributed by atoms with Gasteiger partial charge in [0.05, 0.1) is 49.1 Å². The molecule has 4 rings (SSSR count). The number of carbonyl (C=O) groups excluding carboxylic acids is 1. The number of carbonyl (C=O) groups is 1. The number of pyridine rings is 1. The molecule has 1 atom stereocenters. The van der Waals surface area contributed by atoms with Gasteiger partial charge in [-0.05, 0) is 36.2 Å². The molecule has 0 bridgehead atoms. The van der Waals surface area contributed by atoms with Crippen molar-refractivity contribution >= 4 is 16.9 Å². The topological polar surface area (TPSA) is 75.4 Å². The largest absolute Gasteiger partial charge is 0.469 e. The summed E-state index contributed by atoms with van der Waals surface area (Å²) in [5, 5.41) is 10.4. The number of nitriles is 1. The van der Waals surface area contributed by atoms with Crippen molar-refractivity contribution in [1.29, 1.82) is 5.26 Å². The molecule has 0 saturated carbocycles. The maximum absolute atomic E-state index is 11.8. The maximum atomic E-state index is 11.8. The van der Waals surface area contributed by atoms with Crippen LogP contribution in [0.15, 0.2) is 48.5 Å². The van der Waals surface area contributed by atoms with Crippen LogP contribution in [0.4, 0.5) is 0 Å². The van der Waals surface area contributed by atoms with Crippen molar-refractivity contribution in [3.05, 3.63) is 65.2 Å². The second-order valence-electron chi connectivity index (χ2n) is 7.77. The van der Waals surface area contributed by atoms with Gasteiger partial charge in [0.2, 0.25) is 0 Å². The molecule has 2 aromatic carbocycles. The number of methoxy groups -OCH3 is 1. The average molecular weight is 415 g/mol. The summed E-state index contributed by atoms with van der Waals surface area (Å²) >= 11 is 0. The minimum atomic E-state index is -0.321. The van der Waals surface area contributed by atoms with Crippen molar-refractivity contribution in [2.45, 2.75) is 19.4 Å². The number of esters is 1. The molecule has 1 saturated heterocycles. The molecule has 0 aliphatic carbocycles. The molecule has 1 aliphatic rings. The van der Waals surface area contributed by atoms with Crippen molar-refractivity contribution in [3.8, 4) is 17.3 Å². The minimum absolute atomic E-state index is 0.256. The van der Waals surface area contributed by atoms with E-state index in [2.05, 4.69) is 17.0 Å². The van der Waals surface area contributed by atoms with Crippen LogP contribution >= 0.6 is 0 Å². The van der Waals surface area contributed by atoms with Gasteiger partial charge in [0.15, 0.2) is 0 Å². The van der Waals surface area contributed by atoms with Gasteiger partial charge in [-0.15, -0.1) is 0 Å². The molecule has 0 radical (unpaired) electrons. The smallest absolute Gasteiger partial charge is 0.312 e. The lowest BCUT2D eigenvalue weighted by Crippen LogP contribution is -2.35. The molecule has 0 N–H and O–H groups in total. The van der Waals surface area contributed by atoms with E-state index in [-0.39, 0.29) is 11.9 Å². The maximum Gasteiger partial charge on any atom is 0.312 e. The predicted molar refractivity (Wildman–Crippen MR) is 118 cm³/mol. The van der Waals surface area contributed by atoms with Gasteiger partial charge in [0.1, 0.15) is 0 Å². The third-order valence-electron chi connectivity index (χ3n) is 5.78. The Morgan fingerprint density at radius 3 is 2.61 bits per heavy atom. The number of benzene rings is 2. The first kappa shape index (κ1) is 21.0. The second-order valence-corrected chi connectivity index (χ2v) is 7.77. The molecular formula is C25H25N3O3. The molecule has 2 heterocycles. The molecule has 6 heteroatoms. The normalized spacial score (nSPS) is 15.4. The van der Waals surface area contributed by atoms with E-state index >= 15 is 0 Å². The fourth-order valence-electron chi connectivity index (χ4n) is 3.90. The quantitative estimate of drug-likeness (QED) is 0.589. The van der Waals surface area contributed by atoms with E-state index in [0.29, 0.717) is 5.56 Å². The summed E-state index contributed by atoms with van der Waals surface area (Å²) in [4.78, 5) is 19.1. The van der Waals surface area contributed by atoms with Gasteiger partial charge in [-0.1, -0.05) is 30.3 Å². The summed E-state index contributed by atoms with van der Waals surface area (Å²) in [5.41, 5.74) is 5.30. The van der Waals surface area contributed by atoms with E-state index in [1.807, 2.05) is 49.4 Å². The van der Waals surface area contributed by atoms with Crippen molar-refractivity contribution in [1.82, 2.24) is 9.88 Å². The highest BCUT2D eigenvalue weighted by molar-refractivity contribution is 5.86. The molecule has 1 unspecified atom stereocenters. The van der Waals surface area contributed by atoms with Crippen molar-refractivity contribution in [2.75, 3.05) is 33.4 Å². The molecule has 158 valence electrons. The SMILES string of the molecule is COC(=O)C(C)c1ccc(-c2cc(CN3CCOCC3)c3ccc(C#N)cc3n2)cc1. The van der Waals surface area contributed by atoms with Crippen LogP contribution in [0.25, 0.3) is 22.2 Å². The first-order valence-corrected chi connectivity index (χ1v) is 10.4. The van der Waals surface area contributed by atoms with Crippen LogP contribution in [-0.4, -0.2) is 49.3 Å². The van der Waals surface area contributed by atoms with Gasteiger partial charge < -0.3 is 9.47 Å². The Hall–Kier alpha value is -3.27. The highest BCUT2D eigenvalue weighted by atomic mass is 16.5. The number of fused-ring (bicyclic) bond motifs is 1. The van der Waals surface area contributed by atoms with Gasteiger partial charge >= 0.3 is 5.97 Å². The molecule has 6 nitrogen and oxygen atoms in total. The lowest BCUT2D eigenvalue weighted by atomic mass is 9.98. The van der Waals surface area contributed by atoms with Gasteiger partial charge in [-0.25, -0.2) is 4.98 Å². The highest BCUT2D eigenvalue weighted by Crippen LogP contribution is 2.28. The zero-order chi connectivity index (χ0) is 21.8. The van der Waals surface area contributed by atoms with Gasteiger partial charge in [0, 0.05) is 30.6 Å². The first-order chi connectivity index (χ1) is 15.1. The Kier molecular flexibility index (Phi) is 6.26. The summed E-state index contributed by atoms with van der Waals surface area (Å²) in [6.45, 7) is 5.92. The summed E-state index contributed by atoms with van der Waals surface area (Å²) < 4.78 is 10.3. The van der Waals surface area contributed by atoms with E-state index in [0.717, 1.165) is 60.6 Å². The van der Waals surface area contributed by atoms with Crippen molar-refractivity contribution in [3.63, 3.8) is 0 Å². The highest BCUT2D eigenvalue weighted by Gasteiger charge is 2.17. The van der Waals surface area contributed by atoms with Crippen LogP contribution in [0.3, 0.4) is 0 Å². The van der Waals surface area contributed by atoms with Crippen molar-refractivity contribution < 1.29 is 14.3 Å². The molecule has 3 aromatic rings. The predicted octanol–water partition coefficient (Wildman–Crippen LogP) is 3.88. The minimum Gasteiger partial charge on any atom is -0.469 e. The van der Waals surface area contributed by atoms with Gasteiger partial charge in [-0.2, -0.15) is 5.26 Å². The number of ether oxygens (including phenoxy) is 2. The third kappa shape index (κ3) is 4.58. The molecule has 31 heavy (non-hydrogen) atoms. The Bertz CT molecular complexity index is 1130. The number of hydrogen-bond acceptors (Lipinski definition) is 6. The Morgan fingerprint density at radius 2 is 1.94 bits per heavy atom. The Balaban J connectivity index is 1.73. The van der Waals surface area contributed by atoms with Gasteiger partial charge in [-0.3, -0.25) is 9.69 Å². The average Bonchev–Trinajstić information content (AvgIpc) is 2.83. The Labute approximate surface area is 182 Å². The van der Waals surface area contributed by atoms with E-state index in [9.17, 15) is 10.1 Å². The van der Waals surface area contributed by atoms with E-state index in [1.54, 1.807) is 0 Å². The van der Waals surface area contributed by atoms with Crippen LogP contribution in [0.1, 0.15) is 29.5 Å². The fourth-order valence-corrected chi connectivity index (χ4v) is 3.90. The first-order valence-electron chi connectivity index (χ1n) is 10.4. The number of hydrogen-bond donors (Lipinski definition) is 0. The zero-order valence-corrected chi connectivity index (χ0v) is 17.8. The van der Waals surface area contributed by atoms with E-state index in [1.165, 1.54) is 12.7 Å². The summed E-state index contributed by atoms with van der Waals surface area (Å²) in [7, 11) is 1.40. The third-order valence-corrected chi connectivity index (χ3v) is 5.78. The van der Waals surface area contributed by atoms with Crippen LogP contribution in [0.5, 0.6) is 0 Å². The van der Waals surface area contributed by atoms with Crippen LogP contribution < -0.4 is 0 Å². The molecule has 1 fully saturated rings. The molecule has 1 aliphatic heterocycles. The van der Waals surface area contributed by atoms with Crippen LogP contribution in [-0.2, 0) is 20.8 Å². The van der Waals surface area contributed by atoms with E-state index < -0.39 is 0 Å². The number of rotatable bonds is 5. The lowest BCUT2D eigenvalue weighted by Gasteiger charge is -2.27. The number of aromatic nitrogens is 1. The lowest BCUT2D eigenvalue weighted by molar-refractivity contribution is -0.141. The molecule has 0 spiro atoms. The van der Waals surface area contributed by atoms with Crippen LogP contribution in [0.2, 0.25) is 0 Å². The molecule has 0 amide bonds. The monoisotopic (exact) mass is 415 g/mol. The van der Waals surface area contributed by atoms with Crippen LogP contribution in [0, 0.1) is 11.3 Å². The van der Waals surface area contributed by atoms with Crippen molar-refractivity contribution in [2.24, 2.45) is 0 Å². The fraction of sp³-hybridized carbons (Fsp3) is 0.320. The number of morpholine rings is 1. The van der Waals surface area contributed by atoms with Gasteiger partial charge in [0.25, 0.3) is 0 Å². The summed E-state index contributed by atoms with van der Waals surface area (Å²) in [6.07, 6.45) is 0. The molecular weight excluding hydrogens is 390 g/mol. The molecule has 1 aromatic heterocycles. The summed E-state index contributed by atoms with van der Waals surface area (Å²) in [6, 6.07) is 17.8. The second kappa shape index (κ2) is 9.25. The standard InChI is InChI=1S/C25H25N3O3/c1-17(25(29)30-2)19-4-6-20(7-5-19)23-14-21(16-28-9-11-31-12-10-28)22-8-3-18(15-26)13-24(22)27-23/h3-8,13-14,17H,9-12,16H2,1-2H3. The van der Waals surface area contributed by atoms with E-state index in [4.69, 9.17) is 14.5 Å². The Morgan fingerprint density at radius 1 is 1.19 bits per heavy atom. The summed E-state index contributed by atoms with van der Waals surface area (Å²) in [5.74, 6) is -0.577. The zero-order valence-electron chi connectivity index (χ0n) is 17.8.